The summed E-state index contributed by atoms with van der Waals surface area (Å²) in [5.74, 6) is 0.969. The molecular formula is C16H26N2O2. The summed E-state index contributed by atoms with van der Waals surface area (Å²) in [5, 5.41) is 3.19. The summed E-state index contributed by atoms with van der Waals surface area (Å²) in [4.78, 5) is 2.44. The molecule has 4 nitrogen and oxygen atoms in total. The van der Waals surface area contributed by atoms with Crippen LogP contribution in [0.5, 0.6) is 5.75 Å². The number of hydrogen-bond acceptors (Lipinski definition) is 4. The first kappa shape index (κ1) is 15.3. The summed E-state index contributed by atoms with van der Waals surface area (Å²) in [5.41, 5.74) is 2.54. The molecule has 0 spiro atoms. The Morgan fingerprint density at radius 3 is 2.60 bits per heavy atom. The number of methoxy groups -OCH3 is 1. The quantitative estimate of drug-likeness (QED) is 0.893. The molecule has 1 aromatic carbocycles. The van der Waals surface area contributed by atoms with Gasteiger partial charge in [-0.15, -0.1) is 0 Å². The first-order valence-corrected chi connectivity index (χ1v) is 7.30. The number of ether oxygens (including phenoxy) is 2. The van der Waals surface area contributed by atoms with E-state index in [2.05, 4.69) is 42.3 Å². The maximum absolute atomic E-state index is 5.79. The maximum atomic E-state index is 5.79. The van der Waals surface area contributed by atoms with Gasteiger partial charge in [-0.3, -0.25) is 4.90 Å². The fourth-order valence-electron chi connectivity index (χ4n) is 2.92. The fraction of sp³-hybridized carbons (Fsp3) is 0.625. The molecule has 4 heteroatoms. The summed E-state index contributed by atoms with van der Waals surface area (Å²) in [7, 11) is 3.70. The summed E-state index contributed by atoms with van der Waals surface area (Å²) >= 11 is 0. The number of hydrogen-bond donors (Lipinski definition) is 1. The number of morpholine rings is 1. The largest absolute Gasteiger partial charge is 0.496 e. The van der Waals surface area contributed by atoms with E-state index in [9.17, 15) is 0 Å². The van der Waals surface area contributed by atoms with E-state index in [0.29, 0.717) is 12.2 Å². The van der Waals surface area contributed by atoms with Crippen LogP contribution in [0.25, 0.3) is 0 Å². The van der Waals surface area contributed by atoms with Gasteiger partial charge >= 0.3 is 0 Å². The molecule has 112 valence electrons. The average Bonchev–Trinajstić information content (AvgIpc) is 2.38. The molecule has 2 rings (SSSR count). The van der Waals surface area contributed by atoms with Crippen LogP contribution in [0.15, 0.2) is 18.2 Å². The monoisotopic (exact) mass is 278 g/mol. The van der Waals surface area contributed by atoms with Crippen LogP contribution >= 0.6 is 0 Å². The van der Waals surface area contributed by atoms with Crippen molar-refractivity contribution in [3.05, 3.63) is 29.3 Å². The lowest BCUT2D eigenvalue weighted by atomic mass is 10.1. The Morgan fingerprint density at radius 2 is 2.00 bits per heavy atom. The molecule has 1 aliphatic heterocycles. The first-order valence-electron chi connectivity index (χ1n) is 7.30. The van der Waals surface area contributed by atoms with Crippen molar-refractivity contribution < 1.29 is 9.47 Å². The van der Waals surface area contributed by atoms with Crippen LogP contribution in [0.3, 0.4) is 0 Å². The van der Waals surface area contributed by atoms with Crippen molar-refractivity contribution in [1.29, 1.82) is 0 Å². The standard InChI is InChI=1S/C16H26N2O2/c1-12-9-18(10-13(2)20-12)11-15-7-14(8-17-3)5-6-16(15)19-4/h5-7,12-13,17H,8-11H2,1-4H3. The van der Waals surface area contributed by atoms with E-state index in [0.717, 1.165) is 31.9 Å². The minimum absolute atomic E-state index is 0.297. The molecule has 0 aliphatic carbocycles. The van der Waals surface area contributed by atoms with Gasteiger partial charge in [0.25, 0.3) is 0 Å². The van der Waals surface area contributed by atoms with Crippen molar-refractivity contribution in [2.24, 2.45) is 0 Å². The van der Waals surface area contributed by atoms with E-state index in [-0.39, 0.29) is 0 Å². The number of rotatable bonds is 5. The van der Waals surface area contributed by atoms with Gasteiger partial charge in [0, 0.05) is 31.7 Å². The Balaban J connectivity index is 2.12. The van der Waals surface area contributed by atoms with Gasteiger partial charge in [-0.05, 0) is 38.6 Å². The smallest absolute Gasteiger partial charge is 0.123 e. The van der Waals surface area contributed by atoms with Crippen LogP contribution in [-0.2, 0) is 17.8 Å². The Morgan fingerprint density at radius 1 is 1.30 bits per heavy atom. The van der Waals surface area contributed by atoms with E-state index in [1.165, 1.54) is 11.1 Å². The van der Waals surface area contributed by atoms with Gasteiger partial charge in [-0.1, -0.05) is 6.07 Å². The predicted molar refractivity (Wildman–Crippen MR) is 81.0 cm³/mol. The maximum Gasteiger partial charge on any atom is 0.123 e. The van der Waals surface area contributed by atoms with E-state index in [1.54, 1.807) is 7.11 Å². The van der Waals surface area contributed by atoms with Gasteiger partial charge < -0.3 is 14.8 Å². The molecule has 2 unspecified atom stereocenters. The van der Waals surface area contributed by atoms with E-state index < -0.39 is 0 Å². The average molecular weight is 278 g/mol. The van der Waals surface area contributed by atoms with Gasteiger partial charge in [0.2, 0.25) is 0 Å². The molecule has 0 bridgehead atoms. The van der Waals surface area contributed by atoms with Gasteiger partial charge in [0.1, 0.15) is 5.75 Å². The second-order valence-corrected chi connectivity index (χ2v) is 5.63. The van der Waals surface area contributed by atoms with Crippen LogP contribution in [0.1, 0.15) is 25.0 Å². The van der Waals surface area contributed by atoms with Crippen molar-refractivity contribution >= 4 is 0 Å². The molecule has 0 aromatic heterocycles. The number of nitrogens with zero attached hydrogens (tertiary/aromatic N) is 1. The lowest BCUT2D eigenvalue weighted by Crippen LogP contribution is -2.44. The molecule has 1 aromatic rings. The molecular weight excluding hydrogens is 252 g/mol. The third-order valence-electron chi connectivity index (χ3n) is 3.61. The van der Waals surface area contributed by atoms with Crippen molar-refractivity contribution in [3.63, 3.8) is 0 Å². The molecule has 0 saturated carbocycles. The lowest BCUT2D eigenvalue weighted by molar-refractivity contribution is -0.0706. The zero-order valence-corrected chi connectivity index (χ0v) is 13.0. The highest BCUT2D eigenvalue weighted by molar-refractivity contribution is 5.37. The highest BCUT2D eigenvalue weighted by atomic mass is 16.5. The van der Waals surface area contributed by atoms with Gasteiger partial charge in [0.15, 0.2) is 0 Å². The van der Waals surface area contributed by atoms with Gasteiger partial charge in [0.05, 0.1) is 19.3 Å². The molecule has 2 atom stereocenters. The highest BCUT2D eigenvalue weighted by Gasteiger charge is 2.22. The summed E-state index contributed by atoms with van der Waals surface area (Å²) in [6.07, 6.45) is 0.593. The zero-order chi connectivity index (χ0) is 14.5. The Kier molecular flexibility index (Phi) is 5.40. The van der Waals surface area contributed by atoms with Crippen molar-refractivity contribution in [2.75, 3.05) is 27.2 Å². The summed E-state index contributed by atoms with van der Waals surface area (Å²) < 4.78 is 11.3. The van der Waals surface area contributed by atoms with Crippen molar-refractivity contribution in [2.45, 2.75) is 39.1 Å². The van der Waals surface area contributed by atoms with Gasteiger partial charge in [-0.25, -0.2) is 0 Å². The molecule has 0 amide bonds. The molecule has 0 radical (unpaired) electrons. The Labute approximate surface area is 122 Å². The predicted octanol–water partition coefficient (Wildman–Crippen LogP) is 2.02. The lowest BCUT2D eigenvalue weighted by Gasteiger charge is -2.35. The van der Waals surface area contributed by atoms with Crippen molar-refractivity contribution in [3.8, 4) is 5.75 Å². The van der Waals surface area contributed by atoms with E-state index >= 15 is 0 Å². The Hall–Kier alpha value is -1.10. The molecule has 1 aliphatic rings. The fourth-order valence-corrected chi connectivity index (χ4v) is 2.92. The molecule has 1 fully saturated rings. The third-order valence-corrected chi connectivity index (χ3v) is 3.61. The first-order chi connectivity index (χ1) is 9.62. The molecule has 1 heterocycles. The second-order valence-electron chi connectivity index (χ2n) is 5.63. The SMILES string of the molecule is CNCc1ccc(OC)c(CN2CC(C)OC(C)C2)c1. The topological polar surface area (TPSA) is 33.7 Å². The van der Waals surface area contributed by atoms with Crippen molar-refractivity contribution in [1.82, 2.24) is 10.2 Å². The number of nitrogens with one attached hydrogen (secondary N) is 1. The van der Waals surface area contributed by atoms with Crippen LogP contribution < -0.4 is 10.1 Å². The minimum atomic E-state index is 0.297. The summed E-state index contributed by atoms with van der Waals surface area (Å²) in [6.45, 7) is 8.02. The van der Waals surface area contributed by atoms with Gasteiger partial charge in [-0.2, -0.15) is 0 Å². The number of benzene rings is 1. The van der Waals surface area contributed by atoms with Crippen LogP contribution in [0.4, 0.5) is 0 Å². The molecule has 1 saturated heterocycles. The molecule has 1 N–H and O–H groups in total. The minimum Gasteiger partial charge on any atom is -0.496 e. The Bertz CT molecular complexity index is 426. The third kappa shape index (κ3) is 3.95. The van der Waals surface area contributed by atoms with E-state index in [1.807, 2.05) is 7.05 Å². The van der Waals surface area contributed by atoms with E-state index in [4.69, 9.17) is 9.47 Å². The normalized spacial score (nSPS) is 23.8. The molecule has 20 heavy (non-hydrogen) atoms. The van der Waals surface area contributed by atoms with Crippen LogP contribution in [0, 0.1) is 0 Å². The van der Waals surface area contributed by atoms with Crippen LogP contribution in [-0.4, -0.2) is 44.4 Å². The second kappa shape index (κ2) is 7.07. The van der Waals surface area contributed by atoms with Crippen LogP contribution in [0.2, 0.25) is 0 Å². The zero-order valence-electron chi connectivity index (χ0n) is 13.0. The highest BCUT2D eigenvalue weighted by Crippen LogP contribution is 2.23. The summed E-state index contributed by atoms with van der Waals surface area (Å²) in [6, 6.07) is 6.42.